The van der Waals surface area contributed by atoms with Crippen molar-refractivity contribution in [2.24, 2.45) is 11.8 Å². The van der Waals surface area contributed by atoms with E-state index in [4.69, 9.17) is 26.2 Å². The topological polar surface area (TPSA) is 74.2 Å². The van der Waals surface area contributed by atoms with Gasteiger partial charge in [-0.3, -0.25) is 4.79 Å². The zero-order chi connectivity index (χ0) is 24.9. The Bertz CT molecular complexity index is 778. The number of benzene rings is 1. The smallest absolute Gasteiger partial charge is 0.303 e. The van der Waals surface area contributed by atoms with E-state index in [0.29, 0.717) is 26.1 Å². The highest BCUT2D eigenvalue weighted by molar-refractivity contribution is 7.10. The second-order valence-corrected chi connectivity index (χ2v) is 9.47. The summed E-state index contributed by atoms with van der Waals surface area (Å²) in [6, 6.07) is 10.4. The van der Waals surface area contributed by atoms with Gasteiger partial charge in [0.05, 0.1) is 28.0 Å². The Balaban J connectivity index is 1.64. The minimum absolute atomic E-state index is 0.0773. The summed E-state index contributed by atoms with van der Waals surface area (Å²) < 4.78 is 39.3. The van der Waals surface area contributed by atoms with E-state index in [0.717, 1.165) is 38.5 Å². The second-order valence-electron chi connectivity index (χ2n) is 9.00. The number of carbonyl (C=O) groups is 1. The van der Waals surface area contributed by atoms with E-state index in [-0.39, 0.29) is 49.3 Å². The predicted octanol–water partition coefficient (Wildman–Crippen LogP) is 5.33. The SMILES string of the molecule is [3H]PO[C@H]1C[C@@H](OP[3H])[C@H](CCC2(CCc3ccccc3)OCCO2)[C@H]1C/C=C\CCCC(=O)O. The third-order valence-electron chi connectivity index (χ3n) is 6.92. The number of ether oxygens (including phenoxy) is 2. The first-order valence-electron chi connectivity index (χ1n) is 12.9. The van der Waals surface area contributed by atoms with Crippen molar-refractivity contribution in [3.05, 3.63) is 48.0 Å². The molecular weight excluding hydrogens is 458 g/mol. The highest BCUT2D eigenvalue weighted by atomic mass is 31.0. The van der Waals surface area contributed by atoms with Crippen molar-refractivity contribution in [3.8, 4) is 0 Å². The normalized spacial score (nSPS) is 28.4. The molecular formula is C25H38O6P2. The van der Waals surface area contributed by atoms with Gasteiger partial charge >= 0.3 is 5.97 Å². The summed E-state index contributed by atoms with van der Waals surface area (Å²) in [5.41, 5.74) is 1.26. The van der Waals surface area contributed by atoms with Gasteiger partial charge in [-0.05, 0) is 49.5 Å². The molecule has 6 nitrogen and oxygen atoms in total. The van der Waals surface area contributed by atoms with Crippen molar-refractivity contribution in [1.82, 2.24) is 0 Å². The average Bonchev–Trinajstić information content (AvgIpc) is 3.45. The van der Waals surface area contributed by atoms with E-state index in [2.05, 4.69) is 18.2 Å². The van der Waals surface area contributed by atoms with Crippen LogP contribution in [0.5, 0.6) is 0 Å². The van der Waals surface area contributed by atoms with Crippen molar-refractivity contribution in [2.45, 2.75) is 75.8 Å². The van der Waals surface area contributed by atoms with Gasteiger partial charge in [-0.25, -0.2) is 0 Å². The standard InChI is InChI=1S/C25H38O6P2/c26-24(27)11-7-2-1-6-10-20-21(23(31-33)18-22(20)30-32)13-15-25(28-16-17-29-25)14-12-19-8-4-3-5-9-19/h1,3-6,8-9,20-23H,2,7,10-18,32-33H2,(H,26,27)/b6-1-/t20-,21-,22+,23-/m1/s1/i32T,33T/t20-,21-,22+,23-,32?,33?. The van der Waals surface area contributed by atoms with Crippen molar-refractivity contribution >= 4 is 24.8 Å². The lowest BCUT2D eigenvalue weighted by Gasteiger charge is -2.31. The van der Waals surface area contributed by atoms with Crippen LogP contribution in [-0.4, -0.2) is 44.8 Å². The number of carboxylic acids is 1. The fraction of sp³-hybridized carbons (Fsp3) is 0.640. The molecule has 2 unspecified atom stereocenters. The van der Waals surface area contributed by atoms with Gasteiger partial charge in [0.1, 0.15) is 0 Å². The van der Waals surface area contributed by atoms with E-state index >= 15 is 0 Å². The molecule has 1 aromatic rings. The molecule has 1 saturated carbocycles. The fourth-order valence-electron chi connectivity index (χ4n) is 5.15. The van der Waals surface area contributed by atoms with Crippen molar-refractivity contribution in [3.63, 3.8) is 0 Å². The molecule has 2 fully saturated rings. The monoisotopic (exact) mass is 500 g/mol. The van der Waals surface area contributed by atoms with Gasteiger partial charge < -0.3 is 23.6 Å². The maximum Gasteiger partial charge on any atom is 0.303 e. The second kappa shape index (κ2) is 13.9. The molecule has 0 spiro atoms. The first kappa shape index (κ1) is 23.9. The number of aryl methyl sites for hydroxylation is 1. The Morgan fingerprint density at radius 1 is 1.12 bits per heavy atom. The van der Waals surface area contributed by atoms with E-state index in [1.807, 2.05) is 24.3 Å². The molecule has 3 rings (SSSR count). The largest absolute Gasteiger partial charge is 0.481 e. The van der Waals surface area contributed by atoms with Crippen LogP contribution in [0.1, 0.15) is 56.9 Å². The van der Waals surface area contributed by atoms with Crippen LogP contribution < -0.4 is 0 Å². The quantitative estimate of drug-likeness (QED) is 0.188. The van der Waals surface area contributed by atoms with Crippen molar-refractivity contribution < 1.29 is 28.4 Å². The lowest BCUT2D eigenvalue weighted by molar-refractivity contribution is -0.170. The van der Waals surface area contributed by atoms with E-state index in [1.54, 1.807) is 0 Å². The summed E-state index contributed by atoms with van der Waals surface area (Å²) >= 11 is 0. The highest BCUT2D eigenvalue weighted by Crippen LogP contribution is 2.44. The van der Waals surface area contributed by atoms with Gasteiger partial charge in [-0.15, -0.1) is 0 Å². The lowest BCUT2D eigenvalue weighted by atomic mass is 9.85. The number of carboxylic acid groups (broad SMARTS) is 1. The Labute approximate surface area is 204 Å². The molecule has 0 radical (unpaired) electrons. The minimum Gasteiger partial charge on any atom is -0.481 e. The van der Waals surface area contributed by atoms with Crippen LogP contribution in [0.2, 0.25) is 0 Å². The summed E-state index contributed by atoms with van der Waals surface area (Å²) in [4.78, 5) is 10.7. The maximum absolute atomic E-state index is 10.7. The molecule has 1 N–H and O–H groups in total. The Kier molecular flexibility index (Phi) is 10.0. The lowest BCUT2D eigenvalue weighted by Crippen LogP contribution is -2.33. The molecule has 1 aliphatic heterocycles. The zero-order valence-corrected chi connectivity index (χ0v) is 21.1. The molecule has 1 aliphatic carbocycles. The summed E-state index contributed by atoms with van der Waals surface area (Å²) in [5, 5.41) is 8.82. The number of aliphatic carboxylic acids is 1. The molecule has 0 amide bonds. The molecule has 0 bridgehead atoms. The molecule has 0 aromatic heterocycles. The Hall–Kier alpha value is -0.870. The van der Waals surface area contributed by atoms with Crippen molar-refractivity contribution in [2.75, 3.05) is 13.2 Å². The summed E-state index contributed by atoms with van der Waals surface area (Å²) in [7, 11) is -0.684. The first-order chi connectivity index (χ1) is 17.1. The summed E-state index contributed by atoms with van der Waals surface area (Å²) in [6.45, 7) is 1.20. The maximum atomic E-state index is 10.7. The highest BCUT2D eigenvalue weighted by Gasteiger charge is 2.45. The van der Waals surface area contributed by atoms with Crippen LogP contribution >= 0.6 is 18.8 Å². The fourth-order valence-corrected chi connectivity index (χ4v) is 5.69. The third-order valence-corrected chi connectivity index (χ3v) is 7.52. The number of allylic oxidation sites excluding steroid dienone is 2. The van der Waals surface area contributed by atoms with Crippen LogP contribution in [0.15, 0.2) is 42.5 Å². The van der Waals surface area contributed by atoms with E-state index in [9.17, 15) is 4.79 Å². The number of hydrogen-bond acceptors (Lipinski definition) is 5. The molecule has 1 heterocycles. The van der Waals surface area contributed by atoms with Crippen LogP contribution in [0.25, 0.3) is 0 Å². The van der Waals surface area contributed by atoms with E-state index < -0.39 is 11.8 Å². The predicted molar refractivity (Wildman–Crippen MR) is 135 cm³/mol. The molecule has 6 atom stereocenters. The van der Waals surface area contributed by atoms with Gasteiger partial charge in [-0.2, -0.15) is 0 Å². The Morgan fingerprint density at radius 2 is 1.85 bits per heavy atom. The van der Waals surface area contributed by atoms with Gasteiger partial charge in [0.2, 0.25) is 0 Å². The van der Waals surface area contributed by atoms with Gasteiger partial charge in [0.15, 0.2) is 5.79 Å². The zero-order valence-electron chi connectivity index (χ0n) is 21.1. The van der Waals surface area contributed by atoms with Crippen LogP contribution in [0, 0.1) is 11.8 Å². The third kappa shape index (κ3) is 8.09. The van der Waals surface area contributed by atoms with Crippen LogP contribution in [-0.2, 0) is 29.7 Å². The first-order valence-corrected chi connectivity index (χ1v) is 12.7. The summed E-state index contributed by atoms with van der Waals surface area (Å²) in [5.74, 6) is -1.01. The number of rotatable bonds is 16. The summed E-state index contributed by atoms with van der Waals surface area (Å²) in [6.07, 6.45) is 10.3. The van der Waals surface area contributed by atoms with Crippen molar-refractivity contribution in [1.29, 1.82) is 2.56 Å². The molecule has 2 aliphatic rings. The number of hydrogen-bond donors (Lipinski definition) is 1. The van der Waals surface area contributed by atoms with Gasteiger partial charge in [-0.1, -0.05) is 42.5 Å². The Morgan fingerprint density at radius 3 is 2.55 bits per heavy atom. The molecule has 1 aromatic carbocycles. The van der Waals surface area contributed by atoms with Crippen LogP contribution in [0.4, 0.5) is 0 Å². The molecule has 8 heteroatoms. The molecule has 33 heavy (non-hydrogen) atoms. The molecule has 184 valence electrons. The van der Waals surface area contributed by atoms with Crippen LogP contribution in [0.3, 0.4) is 0 Å². The van der Waals surface area contributed by atoms with E-state index in [1.165, 1.54) is 5.56 Å². The average molecular weight is 501 g/mol. The number of unbranched alkanes of at least 4 members (excludes halogenated alkanes) is 1. The molecule has 1 saturated heterocycles. The van der Waals surface area contributed by atoms with Gasteiger partial charge in [0.25, 0.3) is 0 Å². The minimum atomic E-state index is -0.770. The van der Waals surface area contributed by atoms with Gasteiger partial charge in [0, 0.05) is 44.5 Å².